The molecule has 0 saturated carbocycles. The van der Waals surface area contributed by atoms with Crippen molar-refractivity contribution in [3.05, 3.63) is 12.7 Å². The maximum Gasteiger partial charge on any atom is 0.312 e. The summed E-state index contributed by atoms with van der Waals surface area (Å²) in [6.07, 6.45) is 4.78. The average Bonchev–Trinajstić information content (AvgIpc) is 3.50. The second kappa shape index (κ2) is 13.2. The third-order valence-electron chi connectivity index (χ3n) is 8.34. The van der Waals surface area contributed by atoms with E-state index in [0.717, 1.165) is 25.9 Å². The van der Waals surface area contributed by atoms with Gasteiger partial charge in [-0.25, -0.2) is 0 Å². The SMILES string of the molecule is C=CCN(CCN1CCOCC1)C(=O)C1N(CCCCCCO)C(=O)[C@@H]2[C@H](C(=O)OCC)[C@H]3OC12CC3Br. The molecule has 1 N–H and O–H groups in total. The van der Waals surface area contributed by atoms with E-state index >= 15 is 0 Å². The van der Waals surface area contributed by atoms with Gasteiger partial charge in [0.2, 0.25) is 11.8 Å². The number of likely N-dealkylation sites (tertiary alicyclic amines) is 1. The highest BCUT2D eigenvalue weighted by atomic mass is 79.9. The molecule has 0 aromatic rings. The molecule has 214 valence electrons. The van der Waals surface area contributed by atoms with Crippen LogP contribution in [-0.4, -0.2) is 126 Å². The number of amides is 2. The van der Waals surface area contributed by atoms with Gasteiger partial charge in [0, 0.05) is 50.7 Å². The molecule has 4 aliphatic rings. The van der Waals surface area contributed by atoms with Crippen molar-refractivity contribution in [1.29, 1.82) is 0 Å². The van der Waals surface area contributed by atoms with Gasteiger partial charge >= 0.3 is 5.97 Å². The number of halogens is 1. The Morgan fingerprint density at radius 3 is 2.66 bits per heavy atom. The molecule has 4 fully saturated rings. The molecule has 4 aliphatic heterocycles. The lowest BCUT2D eigenvalue weighted by Crippen LogP contribution is -2.57. The maximum atomic E-state index is 14.3. The van der Waals surface area contributed by atoms with Crippen LogP contribution in [-0.2, 0) is 28.6 Å². The van der Waals surface area contributed by atoms with E-state index in [-0.39, 0.29) is 29.9 Å². The molecule has 6 atom stereocenters. The number of aliphatic hydroxyl groups excluding tert-OH is 1. The number of rotatable bonds is 14. The minimum Gasteiger partial charge on any atom is -0.466 e. The molecule has 4 rings (SSSR count). The molecule has 0 radical (unpaired) electrons. The van der Waals surface area contributed by atoms with Crippen molar-refractivity contribution < 1.29 is 33.7 Å². The highest BCUT2D eigenvalue weighted by molar-refractivity contribution is 9.09. The van der Waals surface area contributed by atoms with Gasteiger partial charge in [0.25, 0.3) is 0 Å². The van der Waals surface area contributed by atoms with E-state index in [9.17, 15) is 14.4 Å². The molecule has 4 heterocycles. The van der Waals surface area contributed by atoms with Gasteiger partial charge in [-0.1, -0.05) is 34.8 Å². The van der Waals surface area contributed by atoms with Crippen LogP contribution in [0.25, 0.3) is 0 Å². The number of hydrogen-bond donors (Lipinski definition) is 1. The van der Waals surface area contributed by atoms with Crippen LogP contribution in [0, 0.1) is 11.8 Å². The van der Waals surface area contributed by atoms with E-state index in [1.165, 1.54) is 0 Å². The number of nitrogens with zero attached hydrogens (tertiary/aromatic N) is 3. The monoisotopic (exact) mass is 599 g/mol. The van der Waals surface area contributed by atoms with Crippen molar-refractivity contribution in [2.45, 2.75) is 61.6 Å². The second-order valence-corrected chi connectivity index (χ2v) is 11.8. The molecule has 4 saturated heterocycles. The fourth-order valence-electron chi connectivity index (χ4n) is 6.61. The standard InChI is InChI=1S/C27H42BrN3O7/c1-3-9-30(12-11-29-13-16-36-17-14-29)25(34)23-27-18-19(28)22(38-27)20(26(35)37-4-2)21(27)24(33)31(23)10-7-5-6-8-15-32/h3,19-23,32H,1,4-18H2,2H3/t19?,20-,21-,22-,23?,27?/m0/s1. The van der Waals surface area contributed by atoms with Crippen molar-refractivity contribution in [2.75, 3.05) is 65.7 Å². The average molecular weight is 601 g/mol. The molecule has 3 unspecified atom stereocenters. The van der Waals surface area contributed by atoms with Crippen molar-refractivity contribution >= 4 is 33.7 Å². The van der Waals surface area contributed by atoms with E-state index in [4.69, 9.17) is 19.3 Å². The predicted molar refractivity (Wildman–Crippen MR) is 144 cm³/mol. The molecule has 0 aliphatic carbocycles. The summed E-state index contributed by atoms with van der Waals surface area (Å²) in [6.45, 7) is 10.9. The fourth-order valence-corrected chi connectivity index (χ4v) is 7.55. The van der Waals surface area contributed by atoms with E-state index < -0.39 is 35.6 Å². The predicted octanol–water partition coefficient (Wildman–Crippen LogP) is 1.20. The third kappa shape index (κ3) is 5.68. The number of fused-ring (bicyclic) bond motifs is 1. The van der Waals surface area contributed by atoms with Crippen LogP contribution in [0.1, 0.15) is 39.0 Å². The minimum absolute atomic E-state index is 0.137. The molecule has 0 aromatic carbocycles. The van der Waals surface area contributed by atoms with Gasteiger partial charge in [0.15, 0.2) is 0 Å². The van der Waals surface area contributed by atoms with Crippen molar-refractivity contribution in [3.8, 4) is 0 Å². The summed E-state index contributed by atoms with van der Waals surface area (Å²) in [7, 11) is 0. The number of carbonyl (C=O) groups excluding carboxylic acids is 3. The summed E-state index contributed by atoms with van der Waals surface area (Å²) in [5.74, 6) is -2.27. The van der Waals surface area contributed by atoms with Crippen molar-refractivity contribution in [1.82, 2.24) is 14.7 Å². The van der Waals surface area contributed by atoms with Gasteiger partial charge in [-0.05, 0) is 26.2 Å². The first-order valence-corrected chi connectivity index (χ1v) is 14.9. The first kappa shape index (κ1) is 29.5. The first-order valence-electron chi connectivity index (χ1n) is 14.0. The molecule has 1 spiro atoms. The summed E-state index contributed by atoms with van der Waals surface area (Å²) in [5.41, 5.74) is -1.08. The number of alkyl halides is 1. The number of aliphatic hydroxyl groups is 1. The Morgan fingerprint density at radius 2 is 1.97 bits per heavy atom. The molecular weight excluding hydrogens is 558 g/mol. The van der Waals surface area contributed by atoms with Gasteiger partial charge in [-0.2, -0.15) is 0 Å². The topological polar surface area (TPSA) is 109 Å². The number of hydrogen-bond acceptors (Lipinski definition) is 8. The summed E-state index contributed by atoms with van der Waals surface area (Å²) in [5, 5.41) is 9.12. The van der Waals surface area contributed by atoms with Crippen LogP contribution >= 0.6 is 15.9 Å². The van der Waals surface area contributed by atoms with Crippen LogP contribution in [0.2, 0.25) is 0 Å². The molecule has 0 aromatic heterocycles. The quantitative estimate of drug-likeness (QED) is 0.137. The van der Waals surface area contributed by atoms with Gasteiger partial charge in [0.1, 0.15) is 11.6 Å². The minimum atomic E-state index is -1.08. The highest BCUT2D eigenvalue weighted by Gasteiger charge is 2.77. The summed E-state index contributed by atoms with van der Waals surface area (Å²) < 4.78 is 17.4. The molecular formula is C27H42BrN3O7. The first-order chi connectivity index (χ1) is 18.4. The van der Waals surface area contributed by atoms with Crippen LogP contribution in [0.5, 0.6) is 0 Å². The lowest BCUT2D eigenvalue weighted by atomic mass is 9.70. The van der Waals surface area contributed by atoms with E-state index in [1.807, 2.05) is 0 Å². The van der Waals surface area contributed by atoms with E-state index in [0.29, 0.717) is 58.7 Å². The lowest BCUT2D eigenvalue weighted by Gasteiger charge is -2.38. The Kier molecular flexibility index (Phi) is 10.2. The van der Waals surface area contributed by atoms with Crippen LogP contribution in [0.15, 0.2) is 12.7 Å². The zero-order chi connectivity index (χ0) is 27.3. The third-order valence-corrected chi connectivity index (χ3v) is 9.18. The summed E-state index contributed by atoms with van der Waals surface area (Å²) in [4.78, 5) is 46.9. The number of morpholine rings is 1. The summed E-state index contributed by atoms with van der Waals surface area (Å²) >= 11 is 3.69. The Labute approximate surface area is 233 Å². The normalized spacial score (nSPS) is 32.4. The number of unbranched alkanes of at least 4 members (excludes halogenated alkanes) is 3. The molecule has 2 amide bonds. The fraction of sp³-hybridized carbons (Fsp3) is 0.815. The van der Waals surface area contributed by atoms with Gasteiger partial charge < -0.3 is 29.1 Å². The van der Waals surface area contributed by atoms with Gasteiger partial charge in [0.05, 0.1) is 37.8 Å². The Bertz CT molecular complexity index is 870. The molecule has 10 nitrogen and oxygen atoms in total. The smallest absolute Gasteiger partial charge is 0.312 e. The van der Waals surface area contributed by atoms with E-state index in [2.05, 4.69) is 27.4 Å². The Morgan fingerprint density at radius 1 is 1.24 bits per heavy atom. The Hall–Kier alpha value is -1.53. The van der Waals surface area contributed by atoms with Crippen molar-refractivity contribution in [3.63, 3.8) is 0 Å². The lowest BCUT2D eigenvalue weighted by molar-refractivity contribution is -0.154. The molecule has 11 heteroatoms. The Balaban J connectivity index is 1.60. The van der Waals surface area contributed by atoms with E-state index in [1.54, 1.807) is 22.8 Å². The van der Waals surface area contributed by atoms with Crippen LogP contribution in [0.3, 0.4) is 0 Å². The number of esters is 1. The van der Waals surface area contributed by atoms with Gasteiger partial charge in [-0.15, -0.1) is 6.58 Å². The highest BCUT2D eigenvalue weighted by Crippen LogP contribution is 2.60. The largest absolute Gasteiger partial charge is 0.466 e. The van der Waals surface area contributed by atoms with Crippen LogP contribution in [0.4, 0.5) is 0 Å². The summed E-state index contributed by atoms with van der Waals surface area (Å²) in [6, 6.07) is -0.813. The molecule has 2 bridgehead atoms. The second-order valence-electron chi connectivity index (χ2n) is 10.6. The zero-order valence-corrected chi connectivity index (χ0v) is 24.0. The van der Waals surface area contributed by atoms with Gasteiger partial charge in [-0.3, -0.25) is 19.3 Å². The van der Waals surface area contributed by atoms with Crippen LogP contribution < -0.4 is 0 Å². The zero-order valence-electron chi connectivity index (χ0n) is 22.4. The number of ether oxygens (including phenoxy) is 3. The molecule has 38 heavy (non-hydrogen) atoms. The number of carbonyl (C=O) groups is 3. The van der Waals surface area contributed by atoms with Crippen molar-refractivity contribution in [2.24, 2.45) is 11.8 Å². The maximum absolute atomic E-state index is 14.3.